The van der Waals surface area contributed by atoms with Crippen LogP contribution in [0.4, 0.5) is 5.82 Å². The third kappa shape index (κ3) is 4.49. The number of hydrogen-bond donors (Lipinski definition) is 2. The highest BCUT2D eigenvalue weighted by Gasteiger charge is 2.20. The zero-order chi connectivity index (χ0) is 14.4. The van der Waals surface area contributed by atoms with Gasteiger partial charge in [0.2, 0.25) is 5.91 Å². The molecule has 1 aliphatic rings. The molecule has 0 unspecified atom stereocenters. The van der Waals surface area contributed by atoms with Crippen LogP contribution in [0, 0.1) is 0 Å². The Bertz CT molecular complexity index is 428. The normalized spacial score (nSPS) is 14.1. The van der Waals surface area contributed by atoms with Crippen molar-refractivity contribution < 1.29 is 4.79 Å². The molecule has 20 heavy (non-hydrogen) atoms. The summed E-state index contributed by atoms with van der Waals surface area (Å²) in [5.74, 6) is 0.893. The summed E-state index contributed by atoms with van der Waals surface area (Å²) < 4.78 is 0. The van der Waals surface area contributed by atoms with E-state index in [0.717, 1.165) is 18.9 Å². The molecule has 110 valence electrons. The number of nitrogens with one attached hydrogen (secondary N) is 2. The first-order valence-electron chi connectivity index (χ1n) is 7.42. The molecule has 0 aliphatic heterocycles. The lowest BCUT2D eigenvalue weighted by molar-refractivity contribution is -0.119. The molecule has 1 amide bonds. The molecule has 1 fully saturated rings. The quantitative estimate of drug-likeness (QED) is 0.751. The molecule has 1 saturated carbocycles. The maximum Gasteiger partial charge on any atom is 0.239 e. The van der Waals surface area contributed by atoms with Crippen molar-refractivity contribution >= 4 is 11.7 Å². The van der Waals surface area contributed by atoms with E-state index in [1.54, 1.807) is 0 Å². The van der Waals surface area contributed by atoms with E-state index in [9.17, 15) is 4.79 Å². The first-order valence-corrected chi connectivity index (χ1v) is 7.42. The maximum atomic E-state index is 11.6. The van der Waals surface area contributed by atoms with Gasteiger partial charge in [-0.1, -0.05) is 6.07 Å². The average Bonchev–Trinajstić information content (AvgIpc) is 3.28. The van der Waals surface area contributed by atoms with E-state index in [4.69, 9.17) is 0 Å². The molecule has 1 aliphatic carbocycles. The summed E-state index contributed by atoms with van der Waals surface area (Å²) in [6, 6.07) is 4.78. The second kappa shape index (κ2) is 7.24. The van der Waals surface area contributed by atoms with Gasteiger partial charge in [-0.05, 0) is 38.3 Å². The minimum atomic E-state index is 0.0376. The Labute approximate surface area is 120 Å². The van der Waals surface area contributed by atoms with Crippen molar-refractivity contribution in [2.24, 2.45) is 0 Å². The molecule has 0 aromatic carbocycles. The van der Waals surface area contributed by atoms with Gasteiger partial charge < -0.3 is 15.5 Å². The van der Waals surface area contributed by atoms with Crippen LogP contribution in [0.5, 0.6) is 0 Å². The van der Waals surface area contributed by atoms with Crippen LogP contribution in [0.1, 0.15) is 32.3 Å². The van der Waals surface area contributed by atoms with E-state index in [1.807, 2.05) is 31.0 Å². The van der Waals surface area contributed by atoms with E-state index < -0.39 is 0 Å². The molecular formula is C15H24N4O. The molecule has 0 bridgehead atoms. The summed E-state index contributed by atoms with van der Waals surface area (Å²) in [6.07, 6.45) is 4.48. The van der Waals surface area contributed by atoms with Crippen molar-refractivity contribution in [3.63, 3.8) is 0 Å². The first-order chi connectivity index (χ1) is 9.72. The van der Waals surface area contributed by atoms with E-state index >= 15 is 0 Å². The minimum Gasteiger partial charge on any atom is -0.355 e. The van der Waals surface area contributed by atoms with Crippen molar-refractivity contribution in [3.05, 3.63) is 23.9 Å². The smallest absolute Gasteiger partial charge is 0.239 e. The first kappa shape index (κ1) is 14.8. The maximum absolute atomic E-state index is 11.6. The van der Waals surface area contributed by atoms with Gasteiger partial charge in [-0.2, -0.15) is 0 Å². The second-order valence-electron chi connectivity index (χ2n) is 5.15. The lowest BCUT2D eigenvalue weighted by Crippen LogP contribution is -2.37. The number of pyridine rings is 1. The van der Waals surface area contributed by atoms with Crippen molar-refractivity contribution in [1.29, 1.82) is 0 Å². The van der Waals surface area contributed by atoms with Crippen molar-refractivity contribution in [1.82, 2.24) is 15.6 Å². The molecule has 1 aromatic rings. The lowest BCUT2D eigenvalue weighted by atomic mass is 10.2. The SMILES string of the molecule is CCNC(=O)CN(CC)c1ccc(CNC2CC2)cn1. The number of carbonyl (C=O) groups excluding carboxylic acids is 1. The van der Waals surface area contributed by atoms with Crippen LogP contribution in [0.2, 0.25) is 0 Å². The van der Waals surface area contributed by atoms with E-state index in [-0.39, 0.29) is 5.91 Å². The number of aromatic nitrogens is 1. The van der Waals surface area contributed by atoms with Crippen molar-refractivity contribution in [2.45, 2.75) is 39.3 Å². The molecule has 0 radical (unpaired) electrons. The number of amides is 1. The summed E-state index contributed by atoms with van der Waals surface area (Å²) in [6.45, 7) is 6.62. The van der Waals surface area contributed by atoms with Crippen LogP contribution in [-0.4, -0.2) is 36.6 Å². The minimum absolute atomic E-state index is 0.0376. The third-order valence-corrected chi connectivity index (χ3v) is 3.40. The summed E-state index contributed by atoms with van der Waals surface area (Å²) in [5, 5.41) is 6.28. The summed E-state index contributed by atoms with van der Waals surface area (Å²) >= 11 is 0. The number of anilines is 1. The Balaban J connectivity index is 1.89. The lowest BCUT2D eigenvalue weighted by Gasteiger charge is -2.21. The molecule has 1 aromatic heterocycles. The molecule has 2 rings (SSSR count). The summed E-state index contributed by atoms with van der Waals surface area (Å²) in [5.41, 5.74) is 1.19. The van der Waals surface area contributed by atoms with Crippen LogP contribution in [0.15, 0.2) is 18.3 Å². The van der Waals surface area contributed by atoms with Gasteiger partial charge in [-0.15, -0.1) is 0 Å². The number of rotatable bonds is 8. The third-order valence-electron chi connectivity index (χ3n) is 3.40. The summed E-state index contributed by atoms with van der Waals surface area (Å²) in [4.78, 5) is 18.1. The highest BCUT2D eigenvalue weighted by Crippen LogP contribution is 2.19. The van der Waals surface area contributed by atoms with Gasteiger partial charge >= 0.3 is 0 Å². The standard InChI is InChI=1S/C15H24N4O/c1-3-16-15(20)11-19(4-2)14-8-5-12(10-18-14)9-17-13-6-7-13/h5,8,10,13,17H,3-4,6-7,9,11H2,1-2H3,(H,16,20). The van der Waals surface area contributed by atoms with E-state index in [2.05, 4.69) is 21.7 Å². The van der Waals surface area contributed by atoms with Gasteiger partial charge in [0, 0.05) is 31.9 Å². The number of likely N-dealkylation sites (N-methyl/N-ethyl adjacent to an activating group) is 2. The fourth-order valence-corrected chi connectivity index (χ4v) is 2.04. The van der Waals surface area contributed by atoms with E-state index in [1.165, 1.54) is 18.4 Å². The molecule has 0 spiro atoms. The van der Waals surface area contributed by atoms with E-state index in [0.29, 0.717) is 19.1 Å². The van der Waals surface area contributed by atoms with Crippen LogP contribution in [0.25, 0.3) is 0 Å². The van der Waals surface area contributed by atoms with Crippen molar-refractivity contribution in [3.8, 4) is 0 Å². The van der Waals surface area contributed by atoms with Gasteiger partial charge in [0.1, 0.15) is 5.82 Å². The highest BCUT2D eigenvalue weighted by atomic mass is 16.2. The molecule has 5 heteroatoms. The van der Waals surface area contributed by atoms with Crippen LogP contribution in [-0.2, 0) is 11.3 Å². The highest BCUT2D eigenvalue weighted by molar-refractivity contribution is 5.80. The average molecular weight is 276 g/mol. The number of carbonyl (C=O) groups is 1. The molecule has 0 saturated heterocycles. The van der Waals surface area contributed by atoms with Crippen LogP contribution in [0.3, 0.4) is 0 Å². The molecule has 1 heterocycles. The molecule has 2 N–H and O–H groups in total. The number of hydrogen-bond acceptors (Lipinski definition) is 4. The van der Waals surface area contributed by atoms with Gasteiger partial charge in [-0.25, -0.2) is 4.98 Å². The van der Waals surface area contributed by atoms with Gasteiger partial charge in [0.05, 0.1) is 6.54 Å². The topological polar surface area (TPSA) is 57.3 Å². The van der Waals surface area contributed by atoms with Crippen molar-refractivity contribution in [2.75, 3.05) is 24.5 Å². The van der Waals surface area contributed by atoms with Crippen LogP contribution >= 0.6 is 0 Å². The van der Waals surface area contributed by atoms with Gasteiger partial charge in [0.15, 0.2) is 0 Å². The Morgan fingerprint density at radius 3 is 2.75 bits per heavy atom. The number of nitrogens with zero attached hydrogens (tertiary/aromatic N) is 2. The predicted molar refractivity (Wildman–Crippen MR) is 80.7 cm³/mol. The fraction of sp³-hybridized carbons (Fsp3) is 0.600. The Kier molecular flexibility index (Phi) is 5.35. The Morgan fingerprint density at radius 1 is 1.40 bits per heavy atom. The van der Waals surface area contributed by atoms with Crippen LogP contribution < -0.4 is 15.5 Å². The Hall–Kier alpha value is -1.62. The Morgan fingerprint density at radius 2 is 2.20 bits per heavy atom. The zero-order valence-corrected chi connectivity index (χ0v) is 12.4. The predicted octanol–water partition coefficient (Wildman–Crippen LogP) is 1.30. The fourth-order valence-electron chi connectivity index (χ4n) is 2.04. The molecule has 5 nitrogen and oxygen atoms in total. The zero-order valence-electron chi connectivity index (χ0n) is 12.4. The monoisotopic (exact) mass is 276 g/mol. The van der Waals surface area contributed by atoms with Gasteiger partial charge in [0.25, 0.3) is 0 Å². The van der Waals surface area contributed by atoms with Gasteiger partial charge in [-0.3, -0.25) is 4.79 Å². The molecular weight excluding hydrogens is 252 g/mol. The second-order valence-corrected chi connectivity index (χ2v) is 5.15. The molecule has 0 atom stereocenters. The summed E-state index contributed by atoms with van der Waals surface area (Å²) in [7, 11) is 0. The largest absolute Gasteiger partial charge is 0.355 e.